The zero-order valence-corrected chi connectivity index (χ0v) is 17.0. The molecule has 2 aromatic rings. The van der Waals surface area contributed by atoms with Gasteiger partial charge < -0.3 is 24.7 Å². The second kappa shape index (κ2) is 10.6. The van der Waals surface area contributed by atoms with Crippen molar-refractivity contribution in [3.8, 4) is 6.07 Å². The first-order valence-corrected chi connectivity index (χ1v) is 9.97. The maximum atomic E-state index is 12.5. The van der Waals surface area contributed by atoms with Crippen molar-refractivity contribution in [3.63, 3.8) is 0 Å². The molecule has 1 saturated heterocycles. The molecule has 30 heavy (non-hydrogen) atoms. The van der Waals surface area contributed by atoms with Gasteiger partial charge in [0.15, 0.2) is 0 Å². The van der Waals surface area contributed by atoms with Crippen molar-refractivity contribution in [1.29, 1.82) is 5.26 Å². The minimum Gasteiger partial charge on any atom is -0.383 e. The SMILES string of the molecule is COCCNC(=O)Cn1cc(/C=C(/C#N)C(=O)NCC2CCCO2)c2ccccc21. The fourth-order valence-electron chi connectivity index (χ4n) is 3.44. The lowest BCUT2D eigenvalue weighted by Crippen LogP contribution is -2.32. The third-order valence-corrected chi connectivity index (χ3v) is 4.94. The molecular formula is C22H26N4O4. The van der Waals surface area contributed by atoms with Gasteiger partial charge in [0.1, 0.15) is 18.2 Å². The molecule has 1 aromatic heterocycles. The second-order valence-electron chi connectivity index (χ2n) is 7.09. The molecule has 1 aromatic carbocycles. The Morgan fingerprint density at radius 1 is 1.37 bits per heavy atom. The fourth-order valence-corrected chi connectivity index (χ4v) is 3.44. The number of ether oxygens (including phenoxy) is 2. The van der Waals surface area contributed by atoms with Gasteiger partial charge in [-0.15, -0.1) is 0 Å². The van der Waals surface area contributed by atoms with Gasteiger partial charge in [0.25, 0.3) is 5.91 Å². The van der Waals surface area contributed by atoms with Crippen molar-refractivity contribution in [1.82, 2.24) is 15.2 Å². The molecule has 1 atom stereocenters. The number of hydrogen-bond acceptors (Lipinski definition) is 5. The molecule has 2 heterocycles. The van der Waals surface area contributed by atoms with Gasteiger partial charge in [-0.3, -0.25) is 9.59 Å². The Kier molecular flexibility index (Phi) is 7.60. The predicted octanol–water partition coefficient (Wildman–Crippen LogP) is 1.61. The van der Waals surface area contributed by atoms with E-state index in [4.69, 9.17) is 9.47 Å². The Labute approximate surface area is 175 Å². The van der Waals surface area contributed by atoms with Gasteiger partial charge >= 0.3 is 0 Å². The molecular weight excluding hydrogens is 384 g/mol. The van der Waals surface area contributed by atoms with Crippen LogP contribution in [0.5, 0.6) is 0 Å². The summed E-state index contributed by atoms with van der Waals surface area (Å²) in [4.78, 5) is 24.7. The summed E-state index contributed by atoms with van der Waals surface area (Å²) in [7, 11) is 1.58. The average Bonchev–Trinajstić information content (AvgIpc) is 3.39. The molecule has 2 amide bonds. The number of amides is 2. The van der Waals surface area contributed by atoms with Gasteiger partial charge in [0.05, 0.1) is 12.7 Å². The van der Waals surface area contributed by atoms with Gasteiger partial charge in [-0.25, -0.2) is 0 Å². The minimum absolute atomic E-state index is 0.00688. The second-order valence-corrected chi connectivity index (χ2v) is 7.09. The summed E-state index contributed by atoms with van der Waals surface area (Å²) >= 11 is 0. The molecule has 1 aliphatic heterocycles. The first-order valence-electron chi connectivity index (χ1n) is 9.97. The molecule has 158 valence electrons. The van der Waals surface area contributed by atoms with Crippen molar-refractivity contribution in [2.45, 2.75) is 25.5 Å². The van der Waals surface area contributed by atoms with Crippen LogP contribution in [0.2, 0.25) is 0 Å². The molecule has 8 heteroatoms. The molecule has 1 unspecified atom stereocenters. The van der Waals surface area contributed by atoms with Crippen LogP contribution in [0.25, 0.3) is 17.0 Å². The van der Waals surface area contributed by atoms with Gasteiger partial charge in [0.2, 0.25) is 5.91 Å². The third-order valence-electron chi connectivity index (χ3n) is 4.94. The first-order chi connectivity index (χ1) is 14.6. The Hall–Kier alpha value is -3.15. The van der Waals surface area contributed by atoms with Crippen LogP contribution in [0, 0.1) is 11.3 Å². The largest absolute Gasteiger partial charge is 0.383 e. The summed E-state index contributed by atoms with van der Waals surface area (Å²) in [5.74, 6) is -0.569. The molecule has 0 aliphatic carbocycles. The molecule has 0 radical (unpaired) electrons. The highest BCUT2D eigenvalue weighted by atomic mass is 16.5. The number of carbonyl (C=O) groups excluding carboxylic acids is 2. The highest BCUT2D eigenvalue weighted by molar-refractivity contribution is 6.04. The number of nitrogens with zero attached hydrogens (tertiary/aromatic N) is 2. The van der Waals surface area contributed by atoms with Crippen LogP contribution in [0.3, 0.4) is 0 Å². The van der Waals surface area contributed by atoms with E-state index in [2.05, 4.69) is 10.6 Å². The fraction of sp³-hybridized carbons (Fsp3) is 0.409. The van der Waals surface area contributed by atoms with Crippen molar-refractivity contribution >= 4 is 28.8 Å². The lowest BCUT2D eigenvalue weighted by molar-refractivity contribution is -0.121. The predicted molar refractivity (Wildman–Crippen MR) is 112 cm³/mol. The number of fused-ring (bicyclic) bond motifs is 1. The Morgan fingerprint density at radius 3 is 2.93 bits per heavy atom. The van der Waals surface area contributed by atoms with Gasteiger partial charge in [0, 0.05) is 49.5 Å². The van der Waals surface area contributed by atoms with E-state index in [1.54, 1.807) is 19.4 Å². The van der Waals surface area contributed by atoms with Crippen LogP contribution in [0.15, 0.2) is 36.0 Å². The van der Waals surface area contributed by atoms with Crippen LogP contribution < -0.4 is 10.6 Å². The molecule has 8 nitrogen and oxygen atoms in total. The van der Waals surface area contributed by atoms with E-state index in [-0.39, 0.29) is 24.1 Å². The van der Waals surface area contributed by atoms with E-state index in [0.717, 1.165) is 23.7 Å². The highest BCUT2D eigenvalue weighted by Crippen LogP contribution is 2.23. The standard InChI is InChI=1S/C22H26N4O4/c1-29-10-8-24-21(27)15-26-14-17(19-6-2-3-7-20(19)26)11-16(12-23)22(28)25-13-18-5-4-9-30-18/h2-3,6-7,11,14,18H,4-5,8-10,13,15H2,1H3,(H,24,27)(H,25,28)/b16-11-. The number of benzene rings is 1. The van der Waals surface area contributed by atoms with E-state index < -0.39 is 5.91 Å². The zero-order valence-electron chi connectivity index (χ0n) is 17.0. The number of carbonyl (C=O) groups is 2. The van der Waals surface area contributed by atoms with Gasteiger partial charge in [-0.05, 0) is 25.0 Å². The number of nitriles is 1. The summed E-state index contributed by atoms with van der Waals surface area (Å²) < 4.78 is 12.3. The molecule has 0 bridgehead atoms. The quantitative estimate of drug-likeness (QED) is 0.371. The van der Waals surface area contributed by atoms with Crippen LogP contribution in [-0.4, -0.2) is 55.9 Å². The van der Waals surface area contributed by atoms with Gasteiger partial charge in [-0.1, -0.05) is 18.2 Å². The third kappa shape index (κ3) is 5.47. The number of hydrogen-bond donors (Lipinski definition) is 2. The normalized spacial score (nSPS) is 16.4. The summed E-state index contributed by atoms with van der Waals surface area (Å²) in [6.45, 7) is 2.11. The summed E-state index contributed by atoms with van der Waals surface area (Å²) in [6.07, 6.45) is 5.25. The summed E-state index contributed by atoms with van der Waals surface area (Å²) in [5, 5.41) is 15.9. The monoisotopic (exact) mass is 410 g/mol. The first kappa shape index (κ1) is 21.6. The number of nitrogens with one attached hydrogen (secondary N) is 2. The zero-order chi connectivity index (χ0) is 21.3. The average molecular weight is 410 g/mol. The Morgan fingerprint density at radius 2 is 2.20 bits per heavy atom. The van der Waals surface area contributed by atoms with E-state index in [1.165, 1.54) is 0 Å². The van der Waals surface area contributed by atoms with E-state index in [1.807, 2.05) is 34.9 Å². The number of methoxy groups -OCH3 is 1. The molecule has 1 fully saturated rings. The van der Waals surface area contributed by atoms with Crippen LogP contribution in [0.1, 0.15) is 18.4 Å². The molecule has 3 rings (SSSR count). The van der Waals surface area contributed by atoms with Crippen LogP contribution >= 0.6 is 0 Å². The maximum absolute atomic E-state index is 12.5. The molecule has 0 spiro atoms. The number of para-hydroxylation sites is 1. The Balaban J connectivity index is 1.77. The Bertz CT molecular complexity index is 967. The van der Waals surface area contributed by atoms with E-state index >= 15 is 0 Å². The van der Waals surface area contributed by atoms with Crippen molar-refractivity contribution < 1.29 is 19.1 Å². The maximum Gasteiger partial charge on any atom is 0.262 e. The van der Waals surface area contributed by atoms with E-state index in [9.17, 15) is 14.9 Å². The molecule has 1 aliphatic rings. The number of rotatable bonds is 9. The summed E-state index contributed by atoms with van der Waals surface area (Å²) in [6, 6.07) is 9.55. The highest BCUT2D eigenvalue weighted by Gasteiger charge is 2.18. The summed E-state index contributed by atoms with van der Waals surface area (Å²) in [5.41, 5.74) is 1.57. The molecule has 2 N–H and O–H groups in total. The van der Waals surface area contributed by atoms with Crippen LogP contribution in [0.4, 0.5) is 0 Å². The molecule has 0 saturated carbocycles. The van der Waals surface area contributed by atoms with E-state index in [0.29, 0.717) is 31.9 Å². The number of aromatic nitrogens is 1. The minimum atomic E-state index is -0.429. The van der Waals surface area contributed by atoms with Gasteiger partial charge in [-0.2, -0.15) is 5.26 Å². The van der Waals surface area contributed by atoms with Crippen molar-refractivity contribution in [3.05, 3.63) is 41.6 Å². The van der Waals surface area contributed by atoms with Crippen LogP contribution in [-0.2, 0) is 25.6 Å². The smallest absolute Gasteiger partial charge is 0.262 e. The van der Waals surface area contributed by atoms with Crippen molar-refractivity contribution in [2.24, 2.45) is 0 Å². The lowest BCUT2D eigenvalue weighted by atomic mass is 10.1. The lowest BCUT2D eigenvalue weighted by Gasteiger charge is -2.10. The van der Waals surface area contributed by atoms with Crippen molar-refractivity contribution in [2.75, 3.05) is 33.4 Å². The topological polar surface area (TPSA) is 105 Å².